The number of fused-ring (bicyclic) bond motifs is 5. The van der Waals surface area contributed by atoms with Crippen molar-refractivity contribution in [3.8, 4) is 11.3 Å². The molecule has 0 unspecified atom stereocenters. The summed E-state index contributed by atoms with van der Waals surface area (Å²) in [4.78, 5) is 17.3. The lowest BCUT2D eigenvalue weighted by molar-refractivity contribution is -0.133. The zero-order valence-corrected chi connectivity index (χ0v) is 19.4. The molecule has 0 amide bonds. The quantitative estimate of drug-likeness (QED) is 0.664. The average Bonchev–Trinajstić information content (AvgIpc) is 3.39. The van der Waals surface area contributed by atoms with E-state index >= 15 is 0 Å². The van der Waals surface area contributed by atoms with E-state index in [0.717, 1.165) is 43.4 Å². The summed E-state index contributed by atoms with van der Waals surface area (Å²) in [5, 5.41) is 13.5. The van der Waals surface area contributed by atoms with Crippen LogP contribution >= 0.6 is 11.6 Å². The summed E-state index contributed by atoms with van der Waals surface area (Å²) in [5.74, 6) is 7.11. The van der Waals surface area contributed by atoms with E-state index in [1.54, 1.807) is 12.5 Å². The predicted molar refractivity (Wildman–Crippen MR) is 121 cm³/mol. The third-order valence-electron chi connectivity index (χ3n) is 9.87. The monoisotopic (exact) mass is 442 g/mol. The summed E-state index contributed by atoms with van der Waals surface area (Å²) in [7, 11) is 0. The van der Waals surface area contributed by atoms with Crippen LogP contribution < -0.4 is 0 Å². The highest BCUT2D eigenvalue weighted by Crippen LogP contribution is 2.64. The molecule has 0 radical (unpaired) electrons. The Kier molecular flexibility index (Phi) is 5.72. The van der Waals surface area contributed by atoms with Crippen LogP contribution in [0.4, 0.5) is 0 Å². The van der Waals surface area contributed by atoms with Gasteiger partial charge in [-0.15, -0.1) is 0 Å². The summed E-state index contributed by atoms with van der Waals surface area (Å²) >= 11 is 5.55. The molecule has 5 heteroatoms. The number of nitrogens with zero attached hydrogens (tertiary/aromatic N) is 2. The van der Waals surface area contributed by atoms with Crippen LogP contribution in [-0.4, -0.2) is 26.0 Å². The maximum absolute atomic E-state index is 13.2. The molecular weight excluding hydrogens is 408 g/mol. The number of carbonyl (C=O) groups excluding carboxylic acids is 1. The van der Waals surface area contributed by atoms with Gasteiger partial charge in [0.15, 0.2) is 5.78 Å². The second-order valence-corrected chi connectivity index (χ2v) is 11.4. The fourth-order valence-electron chi connectivity index (χ4n) is 8.52. The number of imidazole rings is 1. The molecule has 31 heavy (non-hydrogen) atoms. The van der Waals surface area contributed by atoms with Crippen LogP contribution in [0.2, 0.25) is 0 Å². The molecular formula is C26H35ClN2O2. The Morgan fingerprint density at radius 3 is 2.77 bits per heavy atom. The van der Waals surface area contributed by atoms with Gasteiger partial charge in [-0.05, 0) is 104 Å². The second kappa shape index (κ2) is 8.23. The van der Waals surface area contributed by atoms with Crippen LogP contribution in [0.3, 0.4) is 0 Å². The van der Waals surface area contributed by atoms with Crippen molar-refractivity contribution < 1.29 is 9.90 Å². The van der Waals surface area contributed by atoms with Crippen molar-refractivity contribution in [2.45, 2.75) is 83.3 Å². The number of halogens is 1. The number of aliphatic hydroxyl groups is 1. The highest BCUT2D eigenvalue weighted by Gasteiger charge is 2.58. The first kappa shape index (κ1) is 21.5. The molecule has 4 nitrogen and oxygen atoms in total. The molecule has 0 bridgehead atoms. The van der Waals surface area contributed by atoms with Crippen LogP contribution in [0.25, 0.3) is 0 Å². The topological polar surface area (TPSA) is 55.1 Å². The summed E-state index contributed by atoms with van der Waals surface area (Å²) < 4.78 is 1.92. The Bertz CT molecular complexity index is 874. The van der Waals surface area contributed by atoms with Crippen molar-refractivity contribution in [3.05, 3.63) is 18.7 Å². The molecule has 4 fully saturated rings. The van der Waals surface area contributed by atoms with Gasteiger partial charge in [0.2, 0.25) is 0 Å². The zero-order chi connectivity index (χ0) is 21.6. The summed E-state index contributed by atoms with van der Waals surface area (Å²) in [5.41, 5.74) is -0.478. The van der Waals surface area contributed by atoms with Gasteiger partial charge < -0.3 is 9.67 Å². The second-order valence-electron chi connectivity index (χ2n) is 11.2. The highest BCUT2D eigenvalue weighted by atomic mass is 35.5. The van der Waals surface area contributed by atoms with E-state index < -0.39 is 5.60 Å². The van der Waals surface area contributed by atoms with Crippen molar-refractivity contribution in [3.63, 3.8) is 0 Å². The lowest BCUT2D eigenvalue weighted by atomic mass is 9.48. The van der Waals surface area contributed by atoms with Gasteiger partial charge in [-0.3, -0.25) is 4.79 Å². The van der Waals surface area contributed by atoms with Crippen LogP contribution in [0.15, 0.2) is 18.7 Å². The minimum atomic E-state index is -0.642. The van der Waals surface area contributed by atoms with Gasteiger partial charge in [0, 0.05) is 30.1 Å². The minimum Gasteiger partial charge on any atom is -0.389 e. The van der Waals surface area contributed by atoms with Crippen LogP contribution in [0.5, 0.6) is 0 Å². The third-order valence-corrected chi connectivity index (χ3v) is 10.0. The fourth-order valence-corrected chi connectivity index (χ4v) is 8.59. The smallest absolute Gasteiger partial charge is 0.156 e. The highest BCUT2D eigenvalue weighted by molar-refractivity contribution is 6.30. The van der Waals surface area contributed by atoms with Gasteiger partial charge >= 0.3 is 0 Å². The molecule has 5 rings (SSSR count). The molecule has 4 aliphatic carbocycles. The SMILES string of the molecule is C[C@]12CC[C@H]3[C@@H](CC[C@H]4C[C@](O)(CC#CCl)CC[C@@H]43)[C@@H]1CC[C@@H]2C(=O)Cn1ccnc1. The van der Waals surface area contributed by atoms with Crippen LogP contribution in [-0.2, 0) is 11.3 Å². The van der Waals surface area contributed by atoms with E-state index in [4.69, 9.17) is 11.6 Å². The number of hydrogen-bond acceptors (Lipinski definition) is 3. The van der Waals surface area contributed by atoms with E-state index in [9.17, 15) is 9.90 Å². The summed E-state index contributed by atoms with van der Waals surface area (Å²) in [6.07, 6.45) is 16.0. The molecule has 0 saturated heterocycles. The number of hydrogen-bond donors (Lipinski definition) is 1. The van der Waals surface area contributed by atoms with E-state index in [0.29, 0.717) is 30.6 Å². The standard InChI is InChI=1S/C26H35ClN2O2/c1-25-10-7-20-19-8-11-26(31,9-2-12-27)15-18(19)3-4-21(20)22(25)5-6-23(25)24(30)16-29-14-13-28-17-29/h13-14,17-23,31H,3-11,15-16H2,1H3/t18-,19-,20+,21+,22-,23+,25-,26-/m0/s1. The third kappa shape index (κ3) is 3.76. The molecule has 4 aliphatic rings. The van der Waals surface area contributed by atoms with Gasteiger partial charge in [0.25, 0.3) is 0 Å². The van der Waals surface area contributed by atoms with Crippen molar-refractivity contribution in [1.29, 1.82) is 0 Å². The zero-order valence-electron chi connectivity index (χ0n) is 18.6. The maximum Gasteiger partial charge on any atom is 0.156 e. The lowest BCUT2D eigenvalue weighted by Gasteiger charge is -2.57. The molecule has 0 spiro atoms. The molecule has 1 aromatic rings. The number of rotatable bonds is 4. The number of Topliss-reactive ketones (excluding diaryl/α,β-unsaturated/α-hetero) is 1. The normalized spacial score (nSPS) is 43.8. The Labute approximate surface area is 191 Å². The molecule has 1 heterocycles. The summed E-state index contributed by atoms with van der Waals surface area (Å²) in [6, 6.07) is 0. The number of aromatic nitrogens is 2. The van der Waals surface area contributed by atoms with Crippen LogP contribution in [0, 0.1) is 52.2 Å². The van der Waals surface area contributed by atoms with Crippen molar-refractivity contribution in [2.75, 3.05) is 0 Å². The molecule has 0 aromatic carbocycles. The molecule has 1 N–H and O–H groups in total. The Morgan fingerprint density at radius 2 is 2.00 bits per heavy atom. The Hall–Kier alpha value is -1.31. The molecule has 168 valence electrons. The van der Waals surface area contributed by atoms with Gasteiger partial charge in [-0.25, -0.2) is 4.98 Å². The first-order chi connectivity index (χ1) is 14.9. The Morgan fingerprint density at radius 1 is 1.16 bits per heavy atom. The van der Waals surface area contributed by atoms with E-state index in [1.165, 1.54) is 32.1 Å². The largest absolute Gasteiger partial charge is 0.389 e. The minimum absolute atomic E-state index is 0.164. The van der Waals surface area contributed by atoms with Crippen molar-refractivity contribution in [1.82, 2.24) is 9.55 Å². The van der Waals surface area contributed by atoms with Crippen LogP contribution in [0.1, 0.15) is 71.1 Å². The number of ketones is 1. The first-order valence-electron chi connectivity index (χ1n) is 12.2. The molecule has 1 aromatic heterocycles. The van der Waals surface area contributed by atoms with E-state index in [1.807, 2.05) is 10.8 Å². The van der Waals surface area contributed by atoms with E-state index in [-0.39, 0.29) is 11.3 Å². The predicted octanol–water partition coefficient (Wildman–Crippen LogP) is 5.04. The molecule has 0 aliphatic heterocycles. The number of carbonyl (C=O) groups is 1. The first-order valence-corrected chi connectivity index (χ1v) is 12.6. The van der Waals surface area contributed by atoms with E-state index in [2.05, 4.69) is 23.2 Å². The van der Waals surface area contributed by atoms with Crippen molar-refractivity contribution in [2.24, 2.45) is 40.9 Å². The van der Waals surface area contributed by atoms with Gasteiger partial charge in [-0.1, -0.05) is 12.8 Å². The molecule has 8 atom stereocenters. The summed E-state index contributed by atoms with van der Waals surface area (Å²) in [6.45, 7) is 2.89. The van der Waals surface area contributed by atoms with Gasteiger partial charge in [0.1, 0.15) is 0 Å². The average molecular weight is 443 g/mol. The maximum atomic E-state index is 13.2. The Balaban J connectivity index is 1.28. The lowest BCUT2D eigenvalue weighted by Crippen LogP contribution is -2.51. The van der Waals surface area contributed by atoms with Crippen molar-refractivity contribution >= 4 is 17.4 Å². The van der Waals surface area contributed by atoms with Gasteiger partial charge in [0.05, 0.1) is 18.5 Å². The van der Waals surface area contributed by atoms with Gasteiger partial charge in [-0.2, -0.15) is 0 Å². The fraction of sp³-hybridized carbons (Fsp3) is 0.769. The molecule has 4 saturated carbocycles.